The molecule has 0 aliphatic carbocycles. The summed E-state index contributed by atoms with van der Waals surface area (Å²) in [5.41, 5.74) is 0.508. The van der Waals surface area contributed by atoms with E-state index in [9.17, 15) is 14.0 Å². The van der Waals surface area contributed by atoms with Crippen LogP contribution in [0.5, 0.6) is 0 Å². The molecule has 2 heterocycles. The van der Waals surface area contributed by atoms with E-state index in [2.05, 4.69) is 15.6 Å². The van der Waals surface area contributed by atoms with Gasteiger partial charge in [-0.3, -0.25) is 9.59 Å². The third-order valence-corrected chi connectivity index (χ3v) is 3.47. The molecule has 3 rings (SSSR count). The summed E-state index contributed by atoms with van der Waals surface area (Å²) >= 11 is 0. The second-order valence-corrected chi connectivity index (χ2v) is 4.90. The molecule has 0 unspecified atom stereocenters. The summed E-state index contributed by atoms with van der Waals surface area (Å²) in [5, 5.41) is 10.2. The van der Waals surface area contributed by atoms with Crippen LogP contribution < -0.4 is 5.32 Å². The summed E-state index contributed by atoms with van der Waals surface area (Å²) in [4.78, 5) is 25.3. The highest BCUT2D eigenvalue weighted by atomic mass is 19.1. The molecule has 22 heavy (non-hydrogen) atoms. The van der Waals surface area contributed by atoms with Crippen molar-refractivity contribution < 1.29 is 14.0 Å². The van der Waals surface area contributed by atoms with Crippen molar-refractivity contribution in [3.8, 4) is 5.69 Å². The van der Waals surface area contributed by atoms with Crippen LogP contribution in [0.15, 0.2) is 30.6 Å². The Morgan fingerprint density at radius 2 is 2.18 bits per heavy atom. The molecule has 0 radical (unpaired) electrons. The smallest absolute Gasteiger partial charge is 0.256 e. The van der Waals surface area contributed by atoms with Gasteiger partial charge in [-0.15, -0.1) is 5.10 Å². The number of carbonyl (C=O) groups excluding carboxylic acids is 2. The molecule has 0 spiro atoms. The Balaban J connectivity index is 1.88. The SMILES string of the molecule is O=C1CCN(C(=O)c2cc(-n3ccnn3)ccc2F)CCN1. The number of hydrogen-bond donors (Lipinski definition) is 1. The largest absolute Gasteiger partial charge is 0.354 e. The Bertz CT molecular complexity index is 701. The minimum absolute atomic E-state index is 0.0395. The van der Waals surface area contributed by atoms with Crippen molar-refractivity contribution in [3.63, 3.8) is 0 Å². The van der Waals surface area contributed by atoms with Crippen molar-refractivity contribution in [2.75, 3.05) is 19.6 Å². The van der Waals surface area contributed by atoms with Crippen molar-refractivity contribution in [1.29, 1.82) is 0 Å². The second kappa shape index (κ2) is 5.92. The number of hydrogen-bond acceptors (Lipinski definition) is 4. The highest BCUT2D eigenvalue weighted by Gasteiger charge is 2.22. The standard InChI is InChI=1S/C14H14FN5O2/c15-12-2-1-10(20-8-5-17-18-20)9-11(12)14(22)19-6-3-13(21)16-4-7-19/h1-2,5,8-9H,3-4,6-7H2,(H,16,21). The lowest BCUT2D eigenvalue weighted by Crippen LogP contribution is -2.34. The van der Waals surface area contributed by atoms with Crippen molar-refractivity contribution in [2.45, 2.75) is 6.42 Å². The summed E-state index contributed by atoms with van der Waals surface area (Å²) in [5.74, 6) is -1.14. The first kappa shape index (κ1) is 14.2. The number of aromatic nitrogens is 3. The van der Waals surface area contributed by atoms with Crippen LogP contribution in [0.3, 0.4) is 0 Å². The molecule has 1 aromatic heterocycles. The van der Waals surface area contributed by atoms with Gasteiger partial charge in [-0.05, 0) is 18.2 Å². The Morgan fingerprint density at radius 3 is 2.95 bits per heavy atom. The van der Waals surface area contributed by atoms with Gasteiger partial charge >= 0.3 is 0 Å². The molecule has 1 saturated heterocycles. The summed E-state index contributed by atoms with van der Waals surface area (Å²) in [6.45, 7) is 1.00. The lowest BCUT2D eigenvalue weighted by atomic mass is 10.1. The fourth-order valence-electron chi connectivity index (χ4n) is 2.31. The van der Waals surface area contributed by atoms with Crippen LogP contribution in [0.2, 0.25) is 0 Å². The fourth-order valence-corrected chi connectivity index (χ4v) is 2.31. The molecule has 114 valence electrons. The molecule has 7 nitrogen and oxygen atoms in total. The van der Waals surface area contributed by atoms with Gasteiger partial charge in [-0.25, -0.2) is 9.07 Å². The zero-order valence-corrected chi connectivity index (χ0v) is 11.7. The molecule has 1 N–H and O–H groups in total. The lowest BCUT2D eigenvalue weighted by molar-refractivity contribution is -0.120. The zero-order valence-electron chi connectivity index (χ0n) is 11.7. The molecule has 8 heteroatoms. The van der Waals surface area contributed by atoms with Crippen molar-refractivity contribution in [1.82, 2.24) is 25.2 Å². The number of amides is 2. The van der Waals surface area contributed by atoms with Crippen molar-refractivity contribution in [2.24, 2.45) is 0 Å². The summed E-state index contributed by atoms with van der Waals surface area (Å²) in [6.07, 6.45) is 3.32. The average molecular weight is 303 g/mol. The fraction of sp³-hybridized carbons (Fsp3) is 0.286. The molecule has 0 bridgehead atoms. The minimum atomic E-state index is -0.600. The third-order valence-electron chi connectivity index (χ3n) is 3.47. The minimum Gasteiger partial charge on any atom is -0.354 e. The van der Waals surface area contributed by atoms with Crippen molar-refractivity contribution >= 4 is 11.8 Å². The van der Waals surface area contributed by atoms with Gasteiger partial charge in [0.2, 0.25) is 5.91 Å². The van der Waals surface area contributed by atoms with Crippen LogP contribution >= 0.6 is 0 Å². The molecular formula is C14H14FN5O2. The Kier molecular flexibility index (Phi) is 3.82. The van der Waals surface area contributed by atoms with Crippen LogP contribution in [-0.2, 0) is 4.79 Å². The maximum Gasteiger partial charge on any atom is 0.256 e. The molecule has 0 atom stereocenters. The number of nitrogens with zero attached hydrogens (tertiary/aromatic N) is 4. The van der Waals surface area contributed by atoms with Gasteiger partial charge in [0.25, 0.3) is 5.91 Å². The maximum absolute atomic E-state index is 14.0. The summed E-state index contributed by atoms with van der Waals surface area (Å²) in [7, 11) is 0. The van der Waals surface area contributed by atoms with Gasteiger partial charge in [-0.2, -0.15) is 0 Å². The first-order valence-electron chi connectivity index (χ1n) is 6.87. The maximum atomic E-state index is 14.0. The van der Waals surface area contributed by atoms with Crippen molar-refractivity contribution in [3.05, 3.63) is 42.0 Å². The molecule has 2 aromatic rings. The molecule has 0 saturated carbocycles. The first-order valence-corrected chi connectivity index (χ1v) is 6.87. The van der Waals surface area contributed by atoms with Gasteiger partial charge in [0.05, 0.1) is 23.6 Å². The van der Waals surface area contributed by atoms with E-state index in [4.69, 9.17) is 0 Å². The van der Waals surface area contributed by atoms with Gasteiger partial charge in [0.15, 0.2) is 0 Å². The van der Waals surface area contributed by atoms with E-state index < -0.39 is 11.7 Å². The van der Waals surface area contributed by atoms with E-state index in [1.165, 1.54) is 34.0 Å². The molecule has 1 aliphatic heterocycles. The predicted octanol–water partition coefficient (Wildman–Crippen LogP) is 0.368. The molecule has 1 aliphatic rings. The predicted molar refractivity (Wildman–Crippen MR) is 74.8 cm³/mol. The van der Waals surface area contributed by atoms with Crippen LogP contribution in [-0.4, -0.2) is 51.3 Å². The zero-order chi connectivity index (χ0) is 15.5. The van der Waals surface area contributed by atoms with Gasteiger partial charge in [-0.1, -0.05) is 5.21 Å². The van der Waals surface area contributed by atoms with Crippen LogP contribution in [0, 0.1) is 5.82 Å². The number of nitrogens with one attached hydrogen (secondary N) is 1. The number of benzene rings is 1. The van der Waals surface area contributed by atoms with E-state index in [1.54, 1.807) is 6.20 Å². The van der Waals surface area contributed by atoms with E-state index >= 15 is 0 Å². The van der Waals surface area contributed by atoms with Gasteiger partial charge < -0.3 is 10.2 Å². The number of carbonyl (C=O) groups is 2. The highest BCUT2D eigenvalue weighted by molar-refractivity contribution is 5.95. The number of halogens is 1. The lowest BCUT2D eigenvalue weighted by Gasteiger charge is -2.20. The van der Waals surface area contributed by atoms with E-state index in [-0.39, 0.29) is 24.4 Å². The van der Waals surface area contributed by atoms with E-state index in [0.29, 0.717) is 18.8 Å². The van der Waals surface area contributed by atoms with Gasteiger partial charge in [0.1, 0.15) is 5.82 Å². The topological polar surface area (TPSA) is 80.1 Å². The molecular weight excluding hydrogens is 289 g/mol. The molecule has 1 aromatic carbocycles. The summed E-state index contributed by atoms with van der Waals surface area (Å²) in [6, 6.07) is 4.19. The van der Waals surface area contributed by atoms with Gasteiger partial charge in [0, 0.05) is 26.1 Å². The van der Waals surface area contributed by atoms with Crippen LogP contribution in [0.4, 0.5) is 4.39 Å². The normalized spacial score (nSPS) is 15.3. The Hall–Kier alpha value is -2.77. The average Bonchev–Trinajstić information content (AvgIpc) is 2.96. The second-order valence-electron chi connectivity index (χ2n) is 4.90. The Labute approximate surface area is 125 Å². The third kappa shape index (κ3) is 2.80. The summed E-state index contributed by atoms with van der Waals surface area (Å²) < 4.78 is 15.5. The highest BCUT2D eigenvalue weighted by Crippen LogP contribution is 2.16. The van der Waals surface area contributed by atoms with E-state index in [1.807, 2.05) is 0 Å². The molecule has 1 fully saturated rings. The van der Waals surface area contributed by atoms with Crippen LogP contribution in [0.25, 0.3) is 5.69 Å². The molecule has 2 amide bonds. The monoisotopic (exact) mass is 303 g/mol. The number of rotatable bonds is 2. The Morgan fingerprint density at radius 1 is 1.32 bits per heavy atom. The van der Waals surface area contributed by atoms with E-state index in [0.717, 1.165) is 0 Å². The first-order chi connectivity index (χ1) is 10.6. The van der Waals surface area contributed by atoms with Crippen LogP contribution in [0.1, 0.15) is 16.8 Å². The quantitative estimate of drug-likeness (QED) is 0.869.